The molecule has 3 rings (SSSR count). The maximum absolute atomic E-state index is 13.2. The van der Waals surface area contributed by atoms with Crippen molar-refractivity contribution in [3.63, 3.8) is 0 Å². The summed E-state index contributed by atoms with van der Waals surface area (Å²) in [6, 6.07) is 9.96. The van der Waals surface area contributed by atoms with Crippen molar-refractivity contribution < 1.29 is 9.13 Å². The summed E-state index contributed by atoms with van der Waals surface area (Å²) in [6.07, 6.45) is 3.49. The van der Waals surface area contributed by atoms with Gasteiger partial charge in [-0.05, 0) is 42.0 Å². The average Bonchev–Trinajstić information content (AvgIpc) is 3.05. The highest BCUT2D eigenvalue weighted by Gasteiger charge is 2.29. The number of halogens is 3. The van der Waals surface area contributed by atoms with Crippen molar-refractivity contribution in [2.75, 3.05) is 7.11 Å². The summed E-state index contributed by atoms with van der Waals surface area (Å²) in [5.41, 5.74) is 2.24. The summed E-state index contributed by atoms with van der Waals surface area (Å²) < 4.78 is 20.4. The van der Waals surface area contributed by atoms with E-state index in [-0.39, 0.29) is 5.82 Å². The van der Waals surface area contributed by atoms with Crippen molar-refractivity contribution in [3.05, 3.63) is 76.0 Å². The fraction of sp³-hybridized carbons (Fsp3) is 0.211. The van der Waals surface area contributed by atoms with Crippen LogP contribution >= 0.6 is 23.2 Å². The Morgan fingerprint density at radius 3 is 2.24 bits per heavy atom. The largest absolute Gasteiger partial charge is 0.494 e. The zero-order valence-corrected chi connectivity index (χ0v) is 15.6. The molecule has 0 aliphatic heterocycles. The fourth-order valence-electron chi connectivity index (χ4n) is 2.83. The molecule has 0 fully saturated rings. The third-order valence-electron chi connectivity index (χ3n) is 4.31. The van der Waals surface area contributed by atoms with Gasteiger partial charge in [0.15, 0.2) is 5.75 Å². The second-order valence-electron chi connectivity index (χ2n) is 6.22. The summed E-state index contributed by atoms with van der Waals surface area (Å²) in [5.74, 6) is 0.174. The Balaban J connectivity index is 2.10. The number of aromatic nitrogens is 2. The van der Waals surface area contributed by atoms with E-state index in [4.69, 9.17) is 27.9 Å². The van der Waals surface area contributed by atoms with Crippen LogP contribution in [0.2, 0.25) is 10.0 Å². The molecule has 0 bridgehead atoms. The first kappa shape index (κ1) is 17.8. The second-order valence-corrected chi connectivity index (χ2v) is 7.04. The highest BCUT2D eigenvalue weighted by Crippen LogP contribution is 2.40. The topological polar surface area (TPSA) is 27.1 Å². The molecule has 0 aliphatic carbocycles. The van der Waals surface area contributed by atoms with E-state index in [0.29, 0.717) is 15.8 Å². The minimum absolute atomic E-state index is 0.279. The SMILES string of the molecule is COc1c(Cl)cc(C(C)(C)c2cncn2-c2ccc(F)cc2)cc1Cl. The molecule has 0 saturated heterocycles. The van der Waals surface area contributed by atoms with E-state index < -0.39 is 5.41 Å². The van der Waals surface area contributed by atoms with Gasteiger partial charge in [0.1, 0.15) is 5.82 Å². The van der Waals surface area contributed by atoms with Crippen LogP contribution < -0.4 is 4.74 Å². The molecule has 3 nitrogen and oxygen atoms in total. The van der Waals surface area contributed by atoms with Gasteiger partial charge in [-0.2, -0.15) is 0 Å². The van der Waals surface area contributed by atoms with E-state index in [1.54, 1.807) is 24.7 Å². The van der Waals surface area contributed by atoms with Crippen LogP contribution in [0.1, 0.15) is 25.1 Å². The third-order valence-corrected chi connectivity index (χ3v) is 4.87. The molecule has 0 N–H and O–H groups in total. The lowest BCUT2D eigenvalue weighted by molar-refractivity contribution is 0.414. The number of benzene rings is 2. The van der Waals surface area contributed by atoms with Gasteiger partial charge in [0.05, 0.1) is 29.2 Å². The standard InChI is InChI=1S/C19H17Cl2FN2O/c1-19(2,12-8-15(20)18(25-3)16(21)9-12)17-10-23-11-24(17)14-6-4-13(22)5-7-14/h4-11H,1-3H3. The number of hydrogen-bond donors (Lipinski definition) is 0. The zero-order valence-electron chi connectivity index (χ0n) is 14.1. The molecule has 0 unspecified atom stereocenters. The Labute approximate surface area is 156 Å². The van der Waals surface area contributed by atoms with Gasteiger partial charge < -0.3 is 9.30 Å². The Kier molecular flexibility index (Phi) is 4.76. The zero-order chi connectivity index (χ0) is 18.2. The third kappa shape index (κ3) is 3.24. The number of hydrogen-bond acceptors (Lipinski definition) is 2. The lowest BCUT2D eigenvalue weighted by atomic mass is 9.81. The second kappa shape index (κ2) is 6.70. The summed E-state index contributed by atoms with van der Waals surface area (Å²) in [7, 11) is 1.53. The van der Waals surface area contributed by atoms with Crippen LogP contribution in [0.25, 0.3) is 5.69 Å². The van der Waals surface area contributed by atoms with Gasteiger partial charge in [0.25, 0.3) is 0 Å². The smallest absolute Gasteiger partial charge is 0.156 e. The number of methoxy groups -OCH3 is 1. The summed E-state index contributed by atoms with van der Waals surface area (Å²) in [5, 5.41) is 0.900. The van der Waals surface area contributed by atoms with Crippen molar-refractivity contribution in [2.24, 2.45) is 0 Å². The fourth-order valence-corrected chi connectivity index (χ4v) is 3.47. The summed E-state index contributed by atoms with van der Waals surface area (Å²) >= 11 is 12.6. The van der Waals surface area contributed by atoms with Gasteiger partial charge in [0.2, 0.25) is 0 Å². The molecule has 0 atom stereocenters. The van der Waals surface area contributed by atoms with Crippen LogP contribution in [0.4, 0.5) is 4.39 Å². The minimum atomic E-state index is -0.440. The monoisotopic (exact) mass is 378 g/mol. The molecule has 130 valence electrons. The van der Waals surface area contributed by atoms with Crippen LogP contribution in [0, 0.1) is 5.82 Å². The van der Waals surface area contributed by atoms with Crippen molar-refractivity contribution in [1.29, 1.82) is 0 Å². The number of nitrogens with zero attached hydrogens (tertiary/aromatic N) is 2. The van der Waals surface area contributed by atoms with Crippen molar-refractivity contribution in [2.45, 2.75) is 19.3 Å². The first-order valence-corrected chi connectivity index (χ1v) is 8.42. The molecule has 0 radical (unpaired) electrons. The molecular formula is C19H17Cl2FN2O. The van der Waals surface area contributed by atoms with E-state index in [0.717, 1.165) is 16.9 Å². The Morgan fingerprint density at radius 2 is 1.68 bits per heavy atom. The van der Waals surface area contributed by atoms with Crippen molar-refractivity contribution >= 4 is 23.2 Å². The Morgan fingerprint density at radius 1 is 1.08 bits per heavy atom. The van der Waals surface area contributed by atoms with Gasteiger partial charge in [-0.1, -0.05) is 37.0 Å². The van der Waals surface area contributed by atoms with Crippen molar-refractivity contribution in [3.8, 4) is 11.4 Å². The maximum Gasteiger partial charge on any atom is 0.156 e. The van der Waals surface area contributed by atoms with Gasteiger partial charge in [-0.25, -0.2) is 9.37 Å². The van der Waals surface area contributed by atoms with Gasteiger partial charge in [-0.3, -0.25) is 0 Å². The molecule has 6 heteroatoms. The Hall–Kier alpha value is -2.04. The number of rotatable bonds is 4. The summed E-state index contributed by atoms with van der Waals surface area (Å²) in [6.45, 7) is 4.11. The molecule has 1 heterocycles. The van der Waals surface area contributed by atoms with Crippen LogP contribution in [-0.4, -0.2) is 16.7 Å². The van der Waals surface area contributed by atoms with Gasteiger partial charge >= 0.3 is 0 Å². The van der Waals surface area contributed by atoms with Gasteiger partial charge in [0, 0.05) is 17.3 Å². The molecule has 25 heavy (non-hydrogen) atoms. The van der Waals surface area contributed by atoms with Crippen LogP contribution in [0.5, 0.6) is 5.75 Å². The average molecular weight is 379 g/mol. The highest BCUT2D eigenvalue weighted by atomic mass is 35.5. The molecule has 0 saturated carbocycles. The molecule has 2 aromatic carbocycles. The molecule has 0 aliphatic rings. The van der Waals surface area contributed by atoms with E-state index in [1.807, 2.05) is 16.7 Å². The lowest BCUT2D eigenvalue weighted by Gasteiger charge is -2.27. The molecule has 1 aromatic heterocycles. The first-order valence-electron chi connectivity index (χ1n) is 7.67. The normalized spacial score (nSPS) is 11.6. The maximum atomic E-state index is 13.2. The quantitative estimate of drug-likeness (QED) is 0.586. The van der Waals surface area contributed by atoms with Crippen LogP contribution in [0.3, 0.4) is 0 Å². The summed E-state index contributed by atoms with van der Waals surface area (Å²) in [4.78, 5) is 4.27. The molecule has 3 aromatic rings. The van der Waals surface area contributed by atoms with E-state index in [9.17, 15) is 4.39 Å². The predicted molar refractivity (Wildman–Crippen MR) is 98.7 cm³/mol. The number of imidazole rings is 1. The number of ether oxygens (including phenoxy) is 1. The van der Waals surface area contributed by atoms with E-state index in [1.165, 1.54) is 19.2 Å². The molecular weight excluding hydrogens is 362 g/mol. The first-order chi connectivity index (χ1) is 11.8. The lowest BCUT2D eigenvalue weighted by Crippen LogP contribution is -2.22. The predicted octanol–water partition coefficient (Wildman–Crippen LogP) is 5.65. The van der Waals surface area contributed by atoms with Gasteiger partial charge in [-0.15, -0.1) is 0 Å². The van der Waals surface area contributed by atoms with Crippen LogP contribution in [0.15, 0.2) is 48.9 Å². The molecule has 0 amide bonds. The highest BCUT2D eigenvalue weighted by molar-refractivity contribution is 6.37. The van der Waals surface area contributed by atoms with Crippen LogP contribution in [-0.2, 0) is 5.41 Å². The Bertz CT molecular complexity index is 881. The molecule has 0 spiro atoms. The minimum Gasteiger partial charge on any atom is -0.494 e. The van der Waals surface area contributed by atoms with Crippen molar-refractivity contribution in [1.82, 2.24) is 9.55 Å². The van der Waals surface area contributed by atoms with E-state index in [2.05, 4.69) is 18.8 Å². The van der Waals surface area contributed by atoms with E-state index >= 15 is 0 Å².